The fourth-order valence-corrected chi connectivity index (χ4v) is 1.51. The Labute approximate surface area is 87.4 Å². The number of carbonyl (C=O) groups is 1. The Bertz CT molecular complexity index is 385. The number of nitrogens with zero attached hydrogens (tertiary/aromatic N) is 2. The fraction of sp³-hybridized carbons (Fsp3) is 0.667. The summed E-state index contributed by atoms with van der Waals surface area (Å²) in [5.41, 5.74) is 0.119. The van der Waals surface area contributed by atoms with Crippen LogP contribution in [0.15, 0.2) is 0 Å². The zero-order valence-corrected chi connectivity index (χ0v) is 9.00. The van der Waals surface area contributed by atoms with Crippen molar-refractivity contribution >= 4 is 11.9 Å². The molecule has 1 fully saturated rings. The van der Waals surface area contributed by atoms with Crippen molar-refractivity contribution in [1.29, 1.82) is 0 Å². The van der Waals surface area contributed by atoms with Gasteiger partial charge in [0.2, 0.25) is 11.9 Å². The van der Waals surface area contributed by atoms with E-state index in [0.29, 0.717) is 5.95 Å². The second-order valence-electron chi connectivity index (χ2n) is 4.41. The Morgan fingerprint density at radius 1 is 1.67 bits per heavy atom. The minimum atomic E-state index is -0.0150. The second-order valence-corrected chi connectivity index (χ2v) is 4.41. The normalized spacial score (nSPS) is 22.2. The summed E-state index contributed by atoms with van der Waals surface area (Å²) in [5, 5.41) is 8.98. The number of methoxy groups -OCH3 is 1. The molecule has 1 aliphatic carbocycles. The highest BCUT2D eigenvalue weighted by Crippen LogP contribution is 2.51. The van der Waals surface area contributed by atoms with Gasteiger partial charge in [-0.2, -0.15) is 4.98 Å². The summed E-state index contributed by atoms with van der Waals surface area (Å²) < 4.78 is 4.79. The maximum atomic E-state index is 11.6. The van der Waals surface area contributed by atoms with Gasteiger partial charge in [-0.3, -0.25) is 10.1 Å². The number of ether oxygens (including phenoxy) is 1. The molecule has 6 heteroatoms. The molecule has 1 amide bonds. The first-order chi connectivity index (χ1) is 7.03. The van der Waals surface area contributed by atoms with Crippen molar-refractivity contribution < 1.29 is 9.53 Å². The van der Waals surface area contributed by atoms with Gasteiger partial charge in [0.15, 0.2) is 0 Å². The van der Waals surface area contributed by atoms with E-state index < -0.39 is 0 Å². The summed E-state index contributed by atoms with van der Waals surface area (Å²) in [5.74, 6) is 0.395. The van der Waals surface area contributed by atoms with Crippen molar-refractivity contribution in [3.63, 3.8) is 0 Å². The summed E-state index contributed by atoms with van der Waals surface area (Å²) in [6, 6.07) is 0.223. The van der Waals surface area contributed by atoms with Gasteiger partial charge in [-0.1, -0.05) is 13.8 Å². The first-order valence-electron chi connectivity index (χ1n) is 4.80. The third-order valence-electron chi connectivity index (χ3n) is 2.72. The number of H-pyrrole nitrogens is 1. The van der Waals surface area contributed by atoms with Gasteiger partial charge < -0.3 is 4.74 Å². The van der Waals surface area contributed by atoms with Crippen LogP contribution in [0.5, 0.6) is 6.01 Å². The lowest BCUT2D eigenvalue weighted by Crippen LogP contribution is -2.17. The van der Waals surface area contributed by atoms with Crippen LogP contribution in [0.3, 0.4) is 0 Å². The summed E-state index contributed by atoms with van der Waals surface area (Å²) in [4.78, 5) is 15.6. The maximum absolute atomic E-state index is 11.6. The number of carbonyl (C=O) groups excluding carboxylic acids is 1. The van der Waals surface area contributed by atoms with Gasteiger partial charge in [-0.15, -0.1) is 5.10 Å². The van der Waals surface area contributed by atoms with Crippen molar-refractivity contribution in [2.45, 2.75) is 20.3 Å². The molecule has 1 aromatic rings. The second kappa shape index (κ2) is 3.22. The number of hydrogen-bond donors (Lipinski definition) is 2. The number of nitrogens with one attached hydrogen (secondary N) is 2. The molecule has 1 atom stereocenters. The van der Waals surface area contributed by atoms with Crippen LogP contribution in [0.1, 0.15) is 20.3 Å². The van der Waals surface area contributed by atoms with Crippen LogP contribution in [-0.2, 0) is 4.79 Å². The Kier molecular flexibility index (Phi) is 2.13. The first-order valence-corrected chi connectivity index (χ1v) is 4.80. The fourth-order valence-electron chi connectivity index (χ4n) is 1.51. The van der Waals surface area contributed by atoms with Gasteiger partial charge in [-0.25, -0.2) is 5.10 Å². The Balaban J connectivity index is 1.95. The van der Waals surface area contributed by atoms with Gasteiger partial charge in [0.1, 0.15) is 0 Å². The number of aromatic nitrogens is 3. The predicted molar refractivity (Wildman–Crippen MR) is 53.5 cm³/mol. The third-order valence-corrected chi connectivity index (χ3v) is 2.72. The first kappa shape index (κ1) is 9.95. The van der Waals surface area contributed by atoms with Crippen LogP contribution in [0.2, 0.25) is 0 Å². The zero-order valence-electron chi connectivity index (χ0n) is 9.00. The van der Waals surface area contributed by atoms with Gasteiger partial charge in [0.25, 0.3) is 0 Å². The van der Waals surface area contributed by atoms with Crippen LogP contribution in [0.25, 0.3) is 0 Å². The lowest BCUT2D eigenvalue weighted by Gasteiger charge is -2.02. The van der Waals surface area contributed by atoms with Crippen LogP contribution in [0.4, 0.5) is 5.95 Å². The number of anilines is 1. The SMILES string of the molecule is COc1n[nH]c(NC(=O)[C@H]2CC2(C)C)n1. The van der Waals surface area contributed by atoms with Crippen LogP contribution < -0.4 is 10.1 Å². The molecule has 1 saturated carbocycles. The van der Waals surface area contributed by atoms with E-state index in [1.165, 1.54) is 7.11 Å². The van der Waals surface area contributed by atoms with E-state index in [9.17, 15) is 4.79 Å². The highest BCUT2D eigenvalue weighted by atomic mass is 16.5. The molecule has 0 aromatic carbocycles. The van der Waals surface area contributed by atoms with Crippen molar-refractivity contribution in [3.05, 3.63) is 0 Å². The molecule has 82 valence electrons. The Morgan fingerprint density at radius 2 is 2.33 bits per heavy atom. The van der Waals surface area contributed by atoms with E-state index in [2.05, 4.69) is 34.3 Å². The molecule has 2 rings (SSSR count). The molecule has 0 spiro atoms. The lowest BCUT2D eigenvalue weighted by molar-refractivity contribution is -0.118. The lowest BCUT2D eigenvalue weighted by atomic mass is 10.1. The van der Waals surface area contributed by atoms with Gasteiger partial charge in [-0.05, 0) is 11.8 Å². The molecular weight excluding hydrogens is 196 g/mol. The highest BCUT2D eigenvalue weighted by molar-refractivity contribution is 5.93. The number of amides is 1. The molecule has 1 heterocycles. The minimum Gasteiger partial charge on any atom is -0.466 e. The molecule has 0 saturated heterocycles. The van der Waals surface area contributed by atoms with E-state index in [1.54, 1.807) is 0 Å². The van der Waals surface area contributed by atoms with Crippen molar-refractivity contribution in [2.24, 2.45) is 11.3 Å². The van der Waals surface area contributed by atoms with Crippen molar-refractivity contribution in [3.8, 4) is 6.01 Å². The molecule has 2 N–H and O–H groups in total. The van der Waals surface area contributed by atoms with E-state index in [1.807, 2.05) is 0 Å². The average molecular weight is 210 g/mol. The van der Waals surface area contributed by atoms with E-state index in [-0.39, 0.29) is 23.3 Å². The molecule has 0 unspecified atom stereocenters. The van der Waals surface area contributed by atoms with Crippen molar-refractivity contribution in [1.82, 2.24) is 15.2 Å². The quantitative estimate of drug-likeness (QED) is 0.773. The predicted octanol–water partition coefficient (Wildman–Crippen LogP) is 0.798. The molecule has 6 nitrogen and oxygen atoms in total. The minimum absolute atomic E-state index is 0.0150. The molecule has 0 bridgehead atoms. The summed E-state index contributed by atoms with van der Waals surface area (Å²) in [6.07, 6.45) is 0.921. The highest BCUT2D eigenvalue weighted by Gasteiger charge is 2.50. The molecule has 1 aliphatic rings. The van der Waals surface area contributed by atoms with E-state index in [4.69, 9.17) is 4.74 Å². The molecule has 0 aliphatic heterocycles. The Morgan fingerprint density at radius 3 is 2.80 bits per heavy atom. The molecular formula is C9H14N4O2. The van der Waals surface area contributed by atoms with E-state index >= 15 is 0 Å². The number of aromatic amines is 1. The summed E-state index contributed by atoms with van der Waals surface area (Å²) in [7, 11) is 1.47. The summed E-state index contributed by atoms with van der Waals surface area (Å²) >= 11 is 0. The summed E-state index contributed by atoms with van der Waals surface area (Å²) in [6.45, 7) is 4.14. The molecule has 0 radical (unpaired) electrons. The van der Waals surface area contributed by atoms with Gasteiger partial charge in [0, 0.05) is 5.92 Å². The number of hydrogen-bond acceptors (Lipinski definition) is 4. The molecule has 15 heavy (non-hydrogen) atoms. The van der Waals surface area contributed by atoms with Crippen LogP contribution in [-0.4, -0.2) is 28.2 Å². The van der Waals surface area contributed by atoms with Crippen LogP contribution >= 0.6 is 0 Å². The molecule has 1 aromatic heterocycles. The smallest absolute Gasteiger partial charge is 0.336 e. The third kappa shape index (κ3) is 1.93. The maximum Gasteiger partial charge on any atom is 0.336 e. The number of rotatable bonds is 3. The standard InChI is InChI=1S/C9H14N4O2/c1-9(2)4-5(9)6(14)10-7-11-8(15-3)13-12-7/h5H,4H2,1-3H3,(H2,10,11,12,13,14)/t5-/m1/s1. The topological polar surface area (TPSA) is 79.9 Å². The van der Waals surface area contributed by atoms with Gasteiger partial charge >= 0.3 is 6.01 Å². The monoisotopic (exact) mass is 210 g/mol. The largest absolute Gasteiger partial charge is 0.466 e. The van der Waals surface area contributed by atoms with Crippen molar-refractivity contribution in [2.75, 3.05) is 12.4 Å². The van der Waals surface area contributed by atoms with Gasteiger partial charge in [0.05, 0.1) is 7.11 Å². The van der Waals surface area contributed by atoms with Crippen LogP contribution in [0, 0.1) is 11.3 Å². The van der Waals surface area contributed by atoms with E-state index in [0.717, 1.165) is 6.42 Å². The zero-order chi connectivity index (χ0) is 11.1. The average Bonchev–Trinajstić information content (AvgIpc) is 2.62. The Hall–Kier alpha value is -1.59.